The number of carboxylic acids is 1. The van der Waals surface area contributed by atoms with Gasteiger partial charge in [0.15, 0.2) is 0 Å². The van der Waals surface area contributed by atoms with Crippen LogP contribution >= 0.6 is 11.6 Å². The zero-order valence-corrected chi connectivity index (χ0v) is 19.9. The van der Waals surface area contributed by atoms with Crippen molar-refractivity contribution in [1.82, 2.24) is 10.3 Å². The van der Waals surface area contributed by atoms with E-state index in [4.69, 9.17) is 16.7 Å². The van der Waals surface area contributed by atoms with Crippen LogP contribution in [0.15, 0.2) is 42.5 Å². The van der Waals surface area contributed by atoms with Crippen molar-refractivity contribution < 1.29 is 47.4 Å². The Kier molecular flexibility index (Phi) is 8.87. The fourth-order valence-corrected chi connectivity index (χ4v) is 3.59. The molecule has 29 heavy (non-hydrogen) atoms. The second kappa shape index (κ2) is 10.9. The molecule has 0 aliphatic heterocycles. The number of hydrogen-bond donors (Lipinski definition) is 3. The number of rotatable bonds is 8. The molecule has 1 aromatic heterocycles. The topological polar surface area (TPSA) is 82.2 Å². The molecule has 5 nitrogen and oxygen atoms in total. The van der Waals surface area contributed by atoms with E-state index in [0.29, 0.717) is 17.1 Å². The average molecular weight is 488 g/mol. The predicted molar refractivity (Wildman–Crippen MR) is 111 cm³/mol. The summed E-state index contributed by atoms with van der Waals surface area (Å²) in [6.07, 6.45) is 3.39. The van der Waals surface area contributed by atoms with E-state index in [0.717, 1.165) is 47.8 Å². The molecule has 1 radical (unpaired) electrons. The van der Waals surface area contributed by atoms with Gasteiger partial charge in [-0.3, -0.25) is 4.79 Å². The number of benzene rings is 2. The maximum atomic E-state index is 11.2. The molecule has 0 aliphatic rings. The van der Waals surface area contributed by atoms with Crippen molar-refractivity contribution in [3.63, 3.8) is 0 Å². The summed E-state index contributed by atoms with van der Waals surface area (Å²) in [5.74, 6) is -0.948. The normalized spacial score (nSPS) is 10.6. The van der Waals surface area contributed by atoms with E-state index in [1.807, 2.05) is 30.3 Å². The summed E-state index contributed by atoms with van der Waals surface area (Å²) in [7, 11) is 0. The van der Waals surface area contributed by atoms with E-state index in [2.05, 4.69) is 10.3 Å². The first-order valence-corrected chi connectivity index (χ1v) is 9.67. The van der Waals surface area contributed by atoms with Crippen molar-refractivity contribution >= 4 is 34.4 Å². The van der Waals surface area contributed by atoms with Gasteiger partial charge in [0.2, 0.25) is 5.91 Å². The summed E-state index contributed by atoms with van der Waals surface area (Å²) in [5, 5.41) is 13.7. The molecule has 1 heterocycles. The molecular formula is C22H23ClN2O3Y. The molecule has 3 aromatic rings. The first kappa shape index (κ1) is 23.6. The molecular weight excluding hydrogens is 465 g/mol. The minimum absolute atomic E-state index is 0. The van der Waals surface area contributed by atoms with E-state index in [9.17, 15) is 9.59 Å². The van der Waals surface area contributed by atoms with E-state index in [1.54, 1.807) is 12.1 Å². The van der Waals surface area contributed by atoms with E-state index >= 15 is 0 Å². The van der Waals surface area contributed by atoms with Crippen LogP contribution < -0.4 is 5.32 Å². The van der Waals surface area contributed by atoms with Crippen molar-refractivity contribution in [2.45, 2.75) is 32.6 Å². The van der Waals surface area contributed by atoms with Crippen LogP contribution in [0.2, 0.25) is 5.02 Å². The van der Waals surface area contributed by atoms with E-state index < -0.39 is 5.97 Å². The third-order valence-corrected chi connectivity index (χ3v) is 5.03. The number of carboxylic acid groups (broad SMARTS) is 1. The Balaban J connectivity index is 0.00000300. The third-order valence-electron chi connectivity index (χ3n) is 4.80. The Bertz CT molecular complexity index is 999. The number of nitrogens with one attached hydrogen (secondary N) is 2. The van der Waals surface area contributed by atoms with Crippen LogP contribution in [0.5, 0.6) is 0 Å². The number of fused-ring (bicyclic) bond motifs is 1. The van der Waals surface area contributed by atoms with Gasteiger partial charge in [-0.15, -0.1) is 0 Å². The zero-order valence-electron chi connectivity index (χ0n) is 16.3. The van der Waals surface area contributed by atoms with Crippen LogP contribution in [0, 0.1) is 0 Å². The number of aromatic amines is 1. The number of carbonyl (C=O) groups excluding carboxylic acids is 1. The molecule has 0 aliphatic carbocycles. The van der Waals surface area contributed by atoms with Crippen molar-refractivity contribution in [3.8, 4) is 0 Å². The number of hydrogen-bond acceptors (Lipinski definition) is 2. The minimum Gasteiger partial charge on any atom is -0.478 e. The molecule has 3 N–H and O–H groups in total. The van der Waals surface area contributed by atoms with Gasteiger partial charge >= 0.3 is 5.97 Å². The van der Waals surface area contributed by atoms with Crippen molar-refractivity contribution in [1.29, 1.82) is 0 Å². The molecule has 0 saturated heterocycles. The first-order chi connectivity index (χ1) is 13.4. The second-order valence-corrected chi connectivity index (χ2v) is 7.30. The van der Waals surface area contributed by atoms with Crippen molar-refractivity contribution in [2.75, 3.05) is 6.54 Å². The van der Waals surface area contributed by atoms with Crippen LogP contribution in [-0.2, 0) is 56.8 Å². The van der Waals surface area contributed by atoms with Gasteiger partial charge in [0.05, 0.1) is 5.56 Å². The fourth-order valence-electron chi connectivity index (χ4n) is 3.42. The van der Waals surface area contributed by atoms with Gasteiger partial charge in [-0.25, -0.2) is 4.79 Å². The molecule has 0 unspecified atom stereocenters. The van der Waals surface area contributed by atoms with Crippen LogP contribution in [-0.4, -0.2) is 28.5 Å². The summed E-state index contributed by atoms with van der Waals surface area (Å²) in [6.45, 7) is 2.10. The number of H-pyrrole nitrogens is 1. The molecule has 1 amide bonds. The number of aromatic carboxylic acids is 1. The molecule has 0 fully saturated rings. The summed E-state index contributed by atoms with van der Waals surface area (Å²) in [5.41, 5.74) is 4.80. The molecule has 2 aromatic carbocycles. The number of amides is 1. The summed E-state index contributed by atoms with van der Waals surface area (Å²) >= 11 is 6.20. The van der Waals surface area contributed by atoms with Crippen molar-refractivity contribution in [2.24, 2.45) is 0 Å². The molecule has 0 saturated carbocycles. The molecule has 0 spiro atoms. The van der Waals surface area contributed by atoms with Crippen LogP contribution in [0.3, 0.4) is 0 Å². The van der Waals surface area contributed by atoms with Gasteiger partial charge in [0.1, 0.15) is 0 Å². The smallest absolute Gasteiger partial charge is 0.335 e. The van der Waals surface area contributed by atoms with E-state index in [1.165, 1.54) is 12.5 Å². The molecule has 3 rings (SSSR count). The second-order valence-electron chi connectivity index (χ2n) is 6.86. The first-order valence-electron chi connectivity index (χ1n) is 9.29. The Morgan fingerprint density at radius 2 is 1.79 bits per heavy atom. The van der Waals surface area contributed by atoms with Gasteiger partial charge in [0.25, 0.3) is 0 Å². The number of aromatic nitrogens is 1. The monoisotopic (exact) mass is 487 g/mol. The standard InChI is InChI=1S/C22H23ClN2O3.Y/c1-14(26)24-12-11-21-18(19-13-17(23)9-10-20(19)25-21)4-2-3-15-5-7-16(8-6-15)22(27)28;/h5-10,13,25H,2-4,11-12H2,1H3,(H,24,26)(H,27,28);. The maximum Gasteiger partial charge on any atom is 0.335 e. The molecule has 0 atom stereocenters. The van der Waals surface area contributed by atoms with Crippen LogP contribution in [0.4, 0.5) is 0 Å². The van der Waals surface area contributed by atoms with Crippen molar-refractivity contribution in [3.05, 3.63) is 69.9 Å². The SMILES string of the molecule is CC(=O)NCCc1[nH]c2ccc(Cl)cc2c1CCCc1ccc(C(=O)O)cc1.[Y]. The quantitative estimate of drug-likeness (QED) is 0.441. The largest absolute Gasteiger partial charge is 0.478 e. The minimum atomic E-state index is -0.911. The molecule has 7 heteroatoms. The Labute approximate surface area is 200 Å². The summed E-state index contributed by atoms with van der Waals surface area (Å²) in [4.78, 5) is 25.6. The number of aryl methyl sites for hydroxylation is 2. The Morgan fingerprint density at radius 3 is 2.45 bits per heavy atom. The zero-order chi connectivity index (χ0) is 20.1. The Morgan fingerprint density at radius 1 is 1.07 bits per heavy atom. The van der Waals surface area contributed by atoms with Crippen LogP contribution in [0.1, 0.15) is 40.5 Å². The summed E-state index contributed by atoms with van der Waals surface area (Å²) in [6, 6.07) is 12.8. The van der Waals surface area contributed by atoms with Crippen LogP contribution in [0.25, 0.3) is 10.9 Å². The Hall–Kier alpha value is -1.69. The third kappa shape index (κ3) is 6.40. The van der Waals surface area contributed by atoms with Gasteiger partial charge in [0, 0.05) is 74.2 Å². The predicted octanol–water partition coefficient (Wildman–Crippen LogP) is 4.37. The van der Waals surface area contributed by atoms with Gasteiger partial charge in [-0.05, 0) is 60.7 Å². The van der Waals surface area contributed by atoms with Gasteiger partial charge in [-0.2, -0.15) is 0 Å². The molecule has 0 bridgehead atoms. The average Bonchev–Trinajstić information content (AvgIpc) is 2.99. The van der Waals surface area contributed by atoms with Gasteiger partial charge < -0.3 is 15.4 Å². The fraction of sp³-hybridized carbons (Fsp3) is 0.273. The maximum absolute atomic E-state index is 11.2. The number of halogens is 1. The summed E-state index contributed by atoms with van der Waals surface area (Å²) < 4.78 is 0. The van der Waals surface area contributed by atoms with Gasteiger partial charge in [-0.1, -0.05) is 23.7 Å². The van der Waals surface area contributed by atoms with E-state index in [-0.39, 0.29) is 38.6 Å². The molecule has 149 valence electrons. The number of carbonyl (C=O) groups is 2.